The molecule has 1 heterocycles. The number of anilines is 1. The van der Waals surface area contributed by atoms with Crippen LogP contribution in [0, 0.1) is 0 Å². The van der Waals surface area contributed by atoms with Gasteiger partial charge in [-0.2, -0.15) is 0 Å². The minimum absolute atomic E-state index is 0.0377. The maximum Gasteiger partial charge on any atom is 0.344 e. The average Bonchev–Trinajstić information content (AvgIpc) is 2.61. The zero-order valence-corrected chi connectivity index (χ0v) is 14.3. The second-order valence-corrected chi connectivity index (χ2v) is 6.05. The molecule has 25 heavy (non-hydrogen) atoms. The first-order chi connectivity index (χ1) is 12.0. The molecule has 0 atom stereocenters. The molecule has 0 saturated heterocycles. The first-order valence-corrected chi connectivity index (χ1v) is 8.01. The molecule has 2 aromatic carbocycles. The summed E-state index contributed by atoms with van der Waals surface area (Å²) >= 11 is 0. The lowest BCUT2D eigenvalue weighted by molar-refractivity contribution is 0.0993. The van der Waals surface area contributed by atoms with Gasteiger partial charge >= 0.3 is 5.63 Å². The number of carbonyl (C=O) groups excluding carboxylic acids is 1. The maximum absolute atomic E-state index is 12.6. The van der Waals surface area contributed by atoms with E-state index in [0.717, 1.165) is 5.56 Å². The molecule has 128 valence electrons. The van der Waals surface area contributed by atoms with Crippen molar-refractivity contribution in [3.8, 4) is 5.75 Å². The van der Waals surface area contributed by atoms with Crippen molar-refractivity contribution in [2.45, 2.75) is 19.8 Å². The zero-order valence-electron chi connectivity index (χ0n) is 14.3. The summed E-state index contributed by atoms with van der Waals surface area (Å²) < 4.78 is 10.4. The van der Waals surface area contributed by atoms with Crippen molar-refractivity contribution in [3.05, 3.63) is 70.3 Å². The number of ether oxygens (including phenoxy) is 1. The van der Waals surface area contributed by atoms with E-state index in [9.17, 15) is 9.59 Å². The molecule has 0 bridgehead atoms. The SMILES string of the molecule is COc1ccc2c(=O)oc(C(=O)Nc3ccccc3C(C)C)cc2c1. The summed E-state index contributed by atoms with van der Waals surface area (Å²) in [6.07, 6.45) is 0. The van der Waals surface area contributed by atoms with Gasteiger partial charge in [-0.1, -0.05) is 32.0 Å². The lowest BCUT2D eigenvalue weighted by Gasteiger charge is -2.13. The van der Waals surface area contributed by atoms with Gasteiger partial charge in [-0.3, -0.25) is 4.79 Å². The summed E-state index contributed by atoms with van der Waals surface area (Å²) in [5.74, 6) is 0.359. The number of benzene rings is 2. The van der Waals surface area contributed by atoms with Crippen LogP contribution in [0.5, 0.6) is 5.75 Å². The second kappa shape index (κ2) is 6.81. The molecule has 0 fully saturated rings. The molecule has 3 rings (SSSR count). The highest BCUT2D eigenvalue weighted by molar-refractivity contribution is 6.04. The van der Waals surface area contributed by atoms with E-state index < -0.39 is 11.5 Å². The third-order valence-electron chi connectivity index (χ3n) is 4.02. The third kappa shape index (κ3) is 3.40. The highest BCUT2D eigenvalue weighted by Gasteiger charge is 2.15. The van der Waals surface area contributed by atoms with Crippen molar-refractivity contribution in [2.75, 3.05) is 12.4 Å². The molecule has 0 radical (unpaired) electrons. The van der Waals surface area contributed by atoms with Crippen molar-refractivity contribution >= 4 is 22.4 Å². The number of carbonyl (C=O) groups is 1. The monoisotopic (exact) mass is 337 g/mol. The topological polar surface area (TPSA) is 68.5 Å². The number of rotatable bonds is 4. The molecule has 0 unspecified atom stereocenters. The smallest absolute Gasteiger partial charge is 0.344 e. The van der Waals surface area contributed by atoms with E-state index in [1.54, 1.807) is 31.4 Å². The van der Waals surface area contributed by atoms with Crippen LogP contribution in [0.25, 0.3) is 10.8 Å². The Hall–Kier alpha value is -3.08. The van der Waals surface area contributed by atoms with E-state index in [4.69, 9.17) is 9.15 Å². The Bertz CT molecular complexity index is 988. The average molecular weight is 337 g/mol. The third-order valence-corrected chi connectivity index (χ3v) is 4.02. The molecule has 5 heteroatoms. The molecule has 0 aliphatic heterocycles. The Morgan fingerprint density at radius 1 is 1.12 bits per heavy atom. The van der Waals surface area contributed by atoms with Crippen molar-refractivity contribution < 1.29 is 13.9 Å². The number of hydrogen-bond acceptors (Lipinski definition) is 4. The van der Waals surface area contributed by atoms with Crippen LogP contribution >= 0.6 is 0 Å². The van der Waals surface area contributed by atoms with Crippen LogP contribution < -0.4 is 15.7 Å². The Morgan fingerprint density at radius 2 is 1.88 bits per heavy atom. The molecular weight excluding hydrogens is 318 g/mol. The summed E-state index contributed by atoms with van der Waals surface area (Å²) in [7, 11) is 1.54. The molecule has 5 nitrogen and oxygen atoms in total. The fourth-order valence-corrected chi connectivity index (χ4v) is 2.71. The van der Waals surface area contributed by atoms with Gasteiger partial charge in [0.05, 0.1) is 12.5 Å². The number of para-hydroxylation sites is 1. The minimum Gasteiger partial charge on any atom is -0.497 e. The lowest BCUT2D eigenvalue weighted by Crippen LogP contribution is -2.16. The minimum atomic E-state index is -0.553. The first kappa shape index (κ1) is 16.8. The predicted octanol–water partition coefficient (Wildman–Crippen LogP) is 4.18. The highest BCUT2D eigenvalue weighted by Crippen LogP contribution is 2.25. The lowest BCUT2D eigenvalue weighted by atomic mass is 10.0. The molecule has 0 aliphatic carbocycles. The molecule has 0 saturated carbocycles. The maximum atomic E-state index is 12.6. The van der Waals surface area contributed by atoms with Gasteiger partial charge in [0.1, 0.15) is 5.75 Å². The summed E-state index contributed by atoms with van der Waals surface area (Å²) in [6.45, 7) is 4.10. The van der Waals surface area contributed by atoms with E-state index in [2.05, 4.69) is 5.32 Å². The van der Waals surface area contributed by atoms with E-state index in [0.29, 0.717) is 22.2 Å². The molecule has 1 N–H and O–H groups in total. The molecule has 0 spiro atoms. The Labute approximate surface area is 145 Å². The van der Waals surface area contributed by atoms with Gasteiger partial charge in [-0.05, 0) is 47.2 Å². The van der Waals surface area contributed by atoms with Crippen LogP contribution in [0.15, 0.2) is 57.7 Å². The Balaban J connectivity index is 1.99. The quantitative estimate of drug-likeness (QED) is 0.775. The zero-order chi connectivity index (χ0) is 18.0. The first-order valence-electron chi connectivity index (χ1n) is 8.01. The number of fused-ring (bicyclic) bond motifs is 1. The van der Waals surface area contributed by atoms with Crippen LogP contribution in [-0.2, 0) is 0 Å². The van der Waals surface area contributed by atoms with Crippen LogP contribution in [0.1, 0.15) is 35.9 Å². The predicted molar refractivity (Wildman–Crippen MR) is 97.5 cm³/mol. The number of hydrogen-bond donors (Lipinski definition) is 1. The molecular formula is C20H19NO4. The fraction of sp³-hybridized carbons (Fsp3) is 0.200. The molecule has 1 aromatic heterocycles. The van der Waals surface area contributed by atoms with Gasteiger partial charge < -0.3 is 14.5 Å². The van der Waals surface area contributed by atoms with Gasteiger partial charge in [-0.15, -0.1) is 0 Å². The fourth-order valence-electron chi connectivity index (χ4n) is 2.71. The summed E-state index contributed by atoms with van der Waals surface area (Å²) in [5.41, 5.74) is 1.17. The standard InChI is InChI=1S/C20H19NO4/c1-12(2)15-6-4-5-7-17(15)21-19(22)18-11-13-10-14(24-3)8-9-16(13)20(23)25-18/h4-12H,1-3H3,(H,21,22). The van der Waals surface area contributed by atoms with E-state index >= 15 is 0 Å². The van der Waals surface area contributed by atoms with Crippen molar-refractivity contribution in [1.82, 2.24) is 0 Å². The van der Waals surface area contributed by atoms with Gasteiger partial charge in [-0.25, -0.2) is 4.79 Å². The second-order valence-electron chi connectivity index (χ2n) is 6.05. The van der Waals surface area contributed by atoms with E-state index in [-0.39, 0.29) is 11.7 Å². The van der Waals surface area contributed by atoms with Gasteiger partial charge in [0, 0.05) is 5.69 Å². The highest BCUT2D eigenvalue weighted by atomic mass is 16.5. The van der Waals surface area contributed by atoms with Crippen LogP contribution in [0.2, 0.25) is 0 Å². The molecule has 1 amide bonds. The van der Waals surface area contributed by atoms with Crippen molar-refractivity contribution in [1.29, 1.82) is 0 Å². The normalized spacial score (nSPS) is 10.9. The van der Waals surface area contributed by atoms with Gasteiger partial charge in [0.2, 0.25) is 0 Å². The van der Waals surface area contributed by atoms with E-state index in [1.165, 1.54) is 0 Å². The van der Waals surface area contributed by atoms with Crippen LogP contribution in [0.3, 0.4) is 0 Å². The van der Waals surface area contributed by atoms with Crippen molar-refractivity contribution in [3.63, 3.8) is 0 Å². The number of nitrogens with one attached hydrogen (secondary N) is 1. The van der Waals surface area contributed by atoms with Gasteiger partial charge in [0.15, 0.2) is 5.76 Å². The largest absolute Gasteiger partial charge is 0.497 e. The van der Waals surface area contributed by atoms with Crippen LogP contribution in [-0.4, -0.2) is 13.0 Å². The summed E-state index contributed by atoms with van der Waals surface area (Å²) in [6, 6.07) is 14.1. The van der Waals surface area contributed by atoms with E-state index in [1.807, 2.05) is 38.1 Å². The van der Waals surface area contributed by atoms with Gasteiger partial charge in [0.25, 0.3) is 5.91 Å². The summed E-state index contributed by atoms with van der Waals surface area (Å²) in [5, 5.41) is 3.82. The Morgan fingerprint density at radius 3 is 2.60 bits per heavy atom. The van der Waals surface area contributed by atoms with Crippen molar-refractivity contribution in [2.24, 2.45) is 0 Å². The molecule has 3 aromatic rings. The Kier molecular flexibility index (Phi) is 4.57. The molecule has 0 aliphatic rings. The van der Waals surface area contributed by atoms with Crippen LogP contribution in [0.4, 0.5) is 5.69 Å². The number of amides is 1. The number of methoxy groups -OCH3 is 1. The summed E-state index contributed by atoms with van der Waals surface area (Å²) in [4.78, 5) is 24.7.